The third-order valence-corrected chi connectivity index (χ3v) is 3.69. The van der Waals surface area contributed by atoms with Crippen molar-refractivity contribution >= 4 is 11.9 Å². The van der Waals surface area contributed by atoms with Crippen molar-refractivity contribution in [3.05, 3.63) is 0 Å². The molecule has 0 saturated heterocycles. The summed E-state index contributed by atoms with van der Waals surface area (Å²) >= 11 is 0. The minimum absolute atomic E-state index is 0.397. The molecule has 0 aliphatic carbocycles. The topological polar surface area (TPSA) is 52.6 Å². The van der Waals surface area contributed by atoms with Crippen molar-refractivity contribution in [1.29, 1.82) is 0 Å². The number of carbonyl (C=O) groups excluding carboxylic acids is 2. The van der Waals surface area contributed by atoms with E-state index in [-0.39, 0.29) is 0 Å². The molecule has 0 saturated carbocycles. The van der Waals surface area contributed by atoms with Gasteiger partial charge in [0.1, 0.15) is 0 Å². The van der Waals surface area contributed by atoms with E-state index in [1.54, 1.807) is 6.92 Å². The predicted molar refractivity (Wildman–Crippen MR) is 88.6 cm³/mol. The van der Waals surface area contributed by atoms with Gasteiger partial charge >= 0.3 is 11.9 Å². The number of hydrogen-bond donors (Lipinski definition) is 0. The van der Waals surface area contributed by atoms with E-state index >= 15 is 0 Å². The Labute approximate surface area is 135 Å². The fourth-order valence-electron chi connectivity index (χ4n) is 2.10. The monoisotopic (exact) mass is 314 g/mol. The van der Waals surface area contributed by atoms with Gasteiger partial charge in [-0.1, -0.05) is 65.2 Å². The summed E-state index contributed by atoms with van der Waals surface area (Å²) in [6.45, 7) is 6.67. The van der Waals surface area contributed by atoms with Crippen molar-refractivity contribution in [2.24, 2.45) is 5.92 Å². The van der Waals surface area contributed by atoms with Gasteiger partial charge in [0.2, 0.25) is 0 Å². The Morgan fingerprint density at radius 2 is 1.05 bits per heavy atom. The van der Waals surface area contributed by atoms with Crippen LogP contribution >= 0.6 is 0 Å². The van der Waals surface area contributed by atoms with Gasteiger partial charge in [-0.2, -0.15) is 0 Å². The van der Waals surface area contributed by atoms with Crippen LogP contribution in [0.3, 0.4) is 0 Å². The van der Waals surface area contributed by atoms with Crippen LogP contribution in [-0.2, 0) is 19.1 Å². The van der Waals surface area contributed by atoms with Gasteiger partial charge in [-0.25, -0.2) is 0 Å². The largest absolute Gasteiger partial charge is 0.465 e. The second-order valence-corrected chi connectivity index (χ2v) is 5.89. The average Bonchev–Trinajstić information content (AvgIpc) is 2.52. The standard InChI is InChI=1S/C18H34O4/c1-4-6-8-10-11-13-15-22-18(20)16(3)17(19)21-14-12-9-7-5-2/h16H,4-15H2,1-3H3. The number of carbonyl (C=O) groups is 2. The summed E-state index contributed by atoms with van der Waals surface area (Å²) in [6, 6.07) is 0. The van der Waals surface area contributed by atoms with Gasteiger partial charge in [-0.3, -0.25) is 9.59 Å². The normalized spacial score (nSPS) is 12.0. The highest BCUT2D eigenvalue weighted by atomic mass is 16.6. The summed E-state index contributed by atoms with van der Waals surface area (Å²) in [7, 11) is 0. The van der Waals surface area contributed by atoms with E-state index < -0.39 is 17.9 Å². The van der Waals surface area contributed by atoms with E-state index in [4.69, 9.17) is 9.47 Å². The average molecular weight is 314 g/mol. The molecule has 0 rings (SSSR count). The van der Waals surface area contributed by atoms with E-state index in [2.05, 4.69) is 13.8 Å². The van der Waals surface area contributed by atoms with Gasteiger partial charge < -0.3 is 9.47 Å². The molecule has 1 unspecified atom stereocenters. The summed E-state index contributed by atoms with van der Waals surface area (Å²) in [5, 5.41) is 0. The molecular weight excluding hydrogens is 280 g/mol. The van der Waals surface area contributed by atoms with Gasteiger partial charge in [-0.05, 0) is 19.8 Å². The Morgan fingerprint density at radius 3 is 1.50 bits per heavy atom. The molecule has 0 N–H and O–H groups in total. The van der Waals surface area contributed by atoms with E-state index in [9.17, 15) is 9.59 Å². The van der Waals surface area contributed by atoms with Crippen molar-refractivity contribution in [1.82, 2.24) is 0 Å². The summed E-state index contributed by atoms with van der Waals surface area (Å²) < 4.78 is 10.2. The lowest BCUT2D eigenvalue weighted by Crippen LogP contribution is -2.26. The van der Waals surface area contributed by atoms with Crippen LogP contribution in [0.2, 0.25) is 0 Å². The highest BCUT2D eigenvalue weighted by Gasteiger charge is 2.24. The minimum atomic E-state index is -0.814. The lowest BCUT2D eigenvalue weighted by atomic mass is 10.1. The highest BCUT2D eigenvalue weighted by Crippen LogP contribution is 2.08. The lowest BCUT2D eigenvalue weighted by Gasteiger charge is -2.11. The zero-order chi connectivity index (χ0) is 16.6. The van der Waals surface area contributed by atoms with Gasteiger partial charge in [0.25, 0.3) is 0 Å². The third-order valence-electron chi connectivity index (χ3n) is 3.69. The maximum Gasteiger partial charge on any atom is 0.320 e. The highest BCUT2D eigenvalue weighted by molar-refractivity contribution is 5.94. The van der Waals surface area contributed by atoms with Crippen molar-refractivity contribution in [3.63, 3.8) is 0 Å². The van der Waals surface area contributed by atoms with Crippen LogP contribution in [-0.4, -0.2) is 25.2 Å². The summed E-state index contributed by atoms with van der Waals surface area (Å²) in [5.41, 5.74) is 0. The molecule has 0 radical (unpaired) electrons. The van der Waals surface area contributed by atoms with E-state index in [1.165, 1.54) is 25.7 Å². The molecule has 4 nitrogen and oxygen atoms in total. The first-order valence-electron chi connectivity index (χ1n) is 8.96. The van der Waals surface area contributed by atoms with Crippen LogP contribution < -0.4 is 0 Å². The second kappa shape index (κ2) is 14.9. The van der Waals surface area contributed by atoms with Crippen LogP contribution in [0.5, 0.6) is 0 Å². The first-order chi connectivity index (χ1) is 10.6. The molecule has 0 fully saturated rings. The number of ether oxygens (including phenoxy) is 2. The Balaban J connectivity index is 3.61. The van der Waals surface area contributed by atoms with Crippen LogP contribution in [0, 0.1) is 5.92 Å². The van der Waals surface area contributed by atoms with E-state index in [0.717, 1.165) is 38.5 Å². The number of unbranched alkanes of at least 4 members (excludes halogenated alkanes) is 8. The van der Waals surface area contributed by atoms with Crippen molar-refractivity contribution in [2.45, 2.75) is 85.0 Å². The van der Waals surface area contributed by atoms with Crippen LogP contribution in [0.25, 0.3) is 0 Å². The minimum Gasteiger partial charge on any atom is -0.465 e. The molecule has 130 valence electrons. The van der Waals surface area contributed by atoms with Gasteiger partial charge in [0, 0.05) is 0 Å². The second-order valence-electron chi connectivity index (χ2n) is 5.89. The Kier molecular flexibility index (Phi) is 14.1. The molecule has 0 aromatic heterocycles. The Morgan fingerprint density at radius 1 is 0.682 bits per heavy atom. The van der Waals surface area contributed by atoms with E-state index in [0.29, 0.717) is 13.2 Å². The summed E-state index contributed by atoms with van der Waals surface area (Å²) in [4.78, 5) is 23.4. The van der Waals surface area contributed by atoms with Crippen LogP contribution in [0.1, 0.15) is 85.0 Å². The van der Waals surface area contributed by atoms with Crippen molar-refractivity contribution < 1.29 is 19.1 Å². The molecule has 0 aliphatic rings. The molecule has 1 atom stereocenters. The van der Waals surface area contributed by atoms with Crippen LogP contribution in [0.4, 0.5) is 0 Å². The maximum atomic E-state index is 11.7. The zero-order valence-electron chi connectivity index (χ0n) is 14.7. The van der Waals surface area contributed by atoms with Gasteiger partial charge in [0.05, 0.1) is 13.2 Å². The zero-order valence-corrected chi connectivity index (χ0v) is 14.7. The summed E-state index contributed by atoms with van der Waals surface area (Å²) in [5.74, 6) is -1.75. The fraction of sp³-hybridized carbons (Fsp3) is 0.889. The summed E-state index contributed by atoms with van der Waals surface area (Å²) in [6.07, 6.45) is 11.1. The molecule has 0 amide bonds. The predicted octanol–water partition coefficient (Wildman–Crippen LogP) is 4.65. The molecule has 0 aromatic carbocycles. The van der Waals surface area contributed by atoms with Crippen molar-refractivity contribution in [3.8, 4) is 0 Å². The molecule has 0 bridgehead atoms. The first-order valence-corrected chi connectivity index (χ1v) is 8.96. The molecule has 4 heteroatoms. The number of rotatable bonds is 14. The molecule has 22 heavy (non-hydrogen) atoms. The molecule has 0 spiro atoms. The van der Waals surface area contributed by atoms with Crippen LogP contribution in [0.15, 0.2) is 0 Å². The SMILES string of the molecule is CCCCCCCCOC(=O)C(C)C(=O)OCCCCCC. The maximum absolute atomic E-state index is 11.7. The fourth-order valence-corrected chi connectivity index (χ4v) is 2.10. The number of esters is 2. The number of hydrogen-bond acceptors (Lipinski definition) is 4. The van der Waals surface area contributed by atoms with Gasteiger partial charge in [-0.15, -0.1) is 0 Å². The third kappa shape index (κ3) is 11.6. The lowest BCUT2D eigenvalue weighted by molar-refractivity contribution is -0.161. The molecule has 0 aromatic rings. The Bertz CT molecular complexity index is 289. The Hall–Kier alpha value is -1.06. The quantitative estimate of drug-likeness (QED) is 0.266. The van der Waals surface area contributed by atoms with Gasteiger partial charge in [0.15, 0.2) is 5.92 Å². The molecule has 0 aliphatic heterocycles. The first kappa shape index (κ1) is 20.9. The molecule has 0 heterocycles. The van der Waals surface area contributed by atoms with Crippen molar-refractivity contribution in [2.75, 3.05) is 13.2 Å². The van der Waals surface area contributed by atoms with E-state index in [1.807, 2.05) is 0 Å². The molecular formula is C18H34O4. The smallest absolute Gasteiger partial charge is 0.320 e.